The highest BCUT2D eigenvalue weighted by atomic mass is 32.2. The number of aliphatic hydroxyl groups excluding tert-OH is 3. The van der Waals surface area contributed by atoms with Crippen LogP contribution < -0.4 is 0 Å². The molecular weight excluding hydrogens is 454 g/mol. The van der Waals surface area contributed by atoms with Gasteiger partial charge in [0.2, 0.25) is 0 Å². The van der Waals surface area contributed by atoms with Crippen molar-refractivity contribution in [1.29, 1.82) is 0 Å². The standard InChI is InChI=1S/C24H24F2O4S2/c1-12-3-4-14(23-21(28)20(27)22(29)24(30-23)31-2)9-15(12)10-16-6-8-19(32-16)13-5-7-17(25)18(26)11-13/h3-9,11,20-24,27-29H,10H2,1-2H3. The Hall–Kier alpha value is -1.81. The van der Waals surface area contributed by atoms with Crippen molar-refractivity contribution in [2.45, 2.75) is 43.2 Å². The second-order valence-corrected chi connectivity index (χ2v) is 9.99. The molecule has 0 amide bonds. The fraction of sp³-hybridized carbons (Fsp3) is 0.333. The Morgan fingerprint density at radius 3 is 2.44 bits per heavy atom. The molecule has 170 valence electrons. The van der Waals surface area contributed by atoms with Crippen molar-refractivity contribution >= 4 is 23.1 Å². The number of hydrogen-bond donors (Lipinski definition) is 3. The second-order valence-electron chi connectivity index (χ2n) is 7.89. The van der Waals surface area contributed by atoms with Gasteiger partial charge in [0, 0.05) is 16.2 Å². The van der Waals surface area contributed by atoms with Gasteiger partial charge in [0.1, 0.15) is 29.9 Å². The van der Waals surface area contributed by atoms with E-state index in [1.807, 2.05) is 37.3 Å². The van der Waals surface area contributed by atoms with E-state index in [1.54, 1.807) is 12.3 Å². The van der Waals surface area contributed by atoms with E-state index in [2.05, 4.69) is 0 Å². The van der Waals surface area contributed by atoms with Crippen molar-refractivity contribution < 1.29 is 28.8 Å². The third-order valence-electron chi connectivity index (χ3n) is 5.73. The van der Waals surface area contributed by atoms with Crippen LogP contribution >= 0.6 is 23.1 Å². The van der Waals surface area contributed by atoms with Crippen molar-refractivity contribution in [1.82, 2.24) is 0 Å². The van der Waals surface area contributed by atoms with Gasteiger partial charge >= 0.3 is 0 Å². The zero-order valence-electron chi connectivity index (χ0n) is 17.5. The van der Waals surface area contributed by atoms with Crippen LogP contribution in [0.5, 0.6) is 0 Å². The normalized spacial score (nSPS) is 25.8. The Morgan fingerprint density at radius 1 is 0.938 bits per heavy atom. The molecule has 1 saturated heterocycles. The van der Waals surface area contributed by atoms with E-state index < -0.39 is 41.5 Å². The van der Waals surface area contributed by atoms with Crippen LogP contribution in [0.3, 0.4) is 0 Å². The fourth-order valence-corrected chi connectivity index (χ4v) is 5.54. The maximum atomic E-state index is 13.6. The van der Waals surface area contributed by atoms with E-state index >= 15 is 0 Å². The first-order valence-corrected chi connectivity index (χ1v) is 12.2. The Morgan fingerprint density at radius 2 is 1.72 bits per heavy atom. The third kappa shape index (κ3) is 4.62. The molecule has 2 heterocycles. The molecule has 1 fully saturated rings. The highest BCUT2D eigenvalue weighted by Gasteiger charge is 2.44. The Labute approximate surface area is 193 Å². The number of benzene rings is 2. The molecule has 0 spiro atoms. The van der Waals surface area contributed by atoms with Gasteiger partial charge in [0.05, 0.1) is 0 Å². The number of hydrogen-bond acceptors (Lipinski definition) is 6. The van der Waals surface area contributed by atoms with Gasteiger partial charge in [-0.3, -0.25) is 0 Å². The van der Waals surface area contributed by atoms with Crippen LogP contribution in [0.1, 0.15) is 27.7 Å². The van der Waals surface area contributed by atoms with Crippen LogP contribution in [0.4, 0.5) is 8.78 Å². The molecule has 1 aliphatic rings. The predicted octanol–water partition coefficient (Wildman–Crippen LogP) is 4.44. The summed E-state index contributed by atoms with van der Waals surface area (Å²) in [5.74, 6) is -1.74. The molecule has 3 aromatic rings. The molecule has 32 heavy (non-hydrogen) atoms. The number of thiophene rings is 1. The van der Waals surface area contributed by atoms with Crippen LogP contribution in [0.25, 0.3) is 10.4 Å². The van der Waals surface area contributed by atoms with E-state index in [9.17, 15) is 24.1 Å². The molecule has 4 rings (SSSR count). The molecule has 4 nitrogen and oxygen atoms in total. The van der Waals surface area contributed by atoms with Crippen LogP contribution in [0, 0.1) is 18.6 Å². The molecule has 2 aromatic carbocycles. The summed E-state index contributed by atoms with van der Waals surface area (Å²) in [6.07, 6.45) is -2.07. The van der Waals surface area contributed by atoms with Gasteiger partial charge in [-0.25, -0.2) is 8.78 Å². The third-order valence-corrected chi connectivity index (χ3v) is 7.72. The zero-order valence-corrected chi connectivity index (χ0v) is 19.2. The smallest absolute Gasteiger partial charge is 0.159 e. The zero-order chi connectivity index (χ0) is 23.0. The highest BCUT2D eigenvalue weighted by molar-refractivity contribution is 7.99. The topological polar surface area (TPSA) is 69.9 Å². The van der Waals surface area contributed by atoms with Crippen LogP contribution in [0.15, 0.2) is 48.5 Å². The Balaban J connectivity index is 1.57. The Bertz CT molecular complexity index is 1100. The minimum atomic E-state index is -1.30. The van der Waals surface area contributed by atoms with Crippen molar-refractivity contribution in [3.8, 4) is 10.4 Å². The molecule has 0 bridgehead atoms. The highest BCUT2D eigenvalue weighted by Crippen LogP contribution is 2.37. The first kappa shape index (κ1) is 23.4. The summed E-state index contributed by atoms with van der Waals surface area (Å²) >= 11 is 2.78. The van der Waals surface area contributed by atoms with Crippen molar-refractivity contribution in [3.63, 3.8) is 0 Å². The SMILES string of the molecule is CSC1OC(c2ccc(C)c(Cc3ccc(-c4ccc(F)c(F)c4)s3)c2)C(O)C(O)C1O. The summed E-state index contributed by atoms with van der Waals surface area (Å²) in [5, 5.41) is 30.8. The maximum Gasteiger partial charge on any atom is 0.159 e. The van der Waals surface area contributed by atoms with E-state index in [0.717, 1.165) is 32.5 Å². The van der Waals surface area contributed by atoms with Gasteiger partial charge in [-0.15, -0.1) is 23.1 Å². The summed E-state index contributed by atoms with van der Waals surface area (Å²) in [6.45, 7) is 1.99. The molecule has 0 aliphatic carbocycles. The molecule has 5 atom stereocenters. The van der Waals surface area contributed by atoms with E-state index in [-0.39, 0.29) is 0 Å². The molecule has 1 aromatic heterocycles. The number of thioether (sulfide) groups is 1. The minimum absolute atomic E-state index is 0.619. The fourth-order valence-electron chi connectivity index (χ4n) is 3.84. The van der Waals surface area contributed by atoms with Crippen molar-refractivity contribution in [2.24, 2.45) is 0 Å². The lowest BCUT2D eigenvalue weighted by atomic mass is 9.92. The van der Waals surface area contributed by atoms with E-state index in [0.29, 0.717) is 12.0 Å². The van der Waals surface area contributed by atoms with E-state index in [1.165, 1.54) is 29.2 Å². The molecular formula is C24H24F2O4S2. The summed E-state index contributed by atoms with van der Waals surface area (Å²) in [4.78, 5) is 1.89. The number of ether oxygens (including phenoxy) is 1. The number of halogens is 2. The number of aryl methyl sites for hydroxylation is 1. The number of aliphatic hydroxyl groups is 3. The monoisotopic (exact) mass is 478 g/mol. The summed E-state index contributed by atoms with van der Waals surface area (Å²) in [5.41, 5.74) is 2.79. The summed E-state index contributed by atoms with van der Waals surface area (Å²) in [6, 6.07) is 13.5. The lowest BCUT2D eigenvalue weighted by Crippen LogP contribution is -2.52. The van der Waals surface area contributed by atoms with Crippen molar-refractivity contribution in [3.05, 3.63) is 81.7 Å². The molecule has 0 saturated carbocycles. The molecule has 5 unspecified atom stereocenters. The van der Waals surface area contributed by atoms with Gasteiger partial charge in [0.15, 0.2) is 11.6 Å². The summed E-state index contributed by atoms with van der Waals surface area (Å²) in [7, 11) is 0. The molecule has 8 heteroatoms. The van der Waals surface area contributed by atoms with Gasteiger partial charge in [-0.1, -0.05) is 24.3 Å². The van der Waals surface area contributed by atoms with Gasteiger partial charge in [-0.05, 0) is 59.7 Å². The average Bonchev–Trinajstić information content (AvgIpc) is 3.24. The largest absolute Gasteiger partial charge is 0.387 e. The second kappa shape index (κ2) is 9.59. The molecule has 1 aliphatic heterocycles. The van der Waals surface area contributed by atoms with Gasteiger partial charge < -0.3 is 20.1 Å². The van der Waals surface area contributed by atoms with Crippen LogP contribution in [-0.4, -0.2) is 45.3 Å². The summed E-state index contributed by atoms with van der Waals surface area (Å²) < 4.78 is 32.7. The quantitative estimate of drug-likeness (QED) is 0.506. The first-order chi connectivity index (χ1) is 15.3. The average molecular weight is 479 g/mol. The number of rotatable bonds is 5. The van der Waals surface area contributed by atoms with E-state index in [4.69, 9.17) is 4.74 Å². The van der Waals surface area contributed by atoms with Gasteiger partial charge in [-0.2, -0.15) is 0 Å². The van der Waals surface area contributed by atoms with Crippen molar-refractivity contribution in [2.75, 3.05) is 6.26 Å². The Kier molecular flexibility index (Phi) is 7.00. The predicted molar refractivity (Wildman–Crippen MR) is 123 cm³/mol. The minimum Gasteiger partial charge on any atom is -0.387 e. The van der Waals surface area contributed by atoms with Gasteiger partial charge in [0.25, 0.3) is 0 Å². The maximum absolute atomic E-state index is 13.6. The lowest BCUT2D eigenvalue weighted by Gasteiger charge is -2.40. The first-order valence-electron chi connectivity index (χ1n) is 10.1. The molecule has 0 radical (unpaired) electrons. The van der Waals surface area contributed by atoms with Crippen LogP contribution in [-0.2, 0) is 11.2 Å². The van der Waals surface area contributed by atoms with Crippen LogP contribution in [0.2, 0.25) is 0 Å². The molecule has 3 N–H and O–H groups in total. The lowest BCUT2D eigenvalue weighted by molar-refractivity contribution is -0.200.